The molecule has 0 saturated carbocycles. The Morgan fingerprint density at radius 2 is 1.40 bits per heavy atom. The Hall–Kier alpha value is 0.913. The first-order valence-corrected chi connectivity index (χ1v) is 1.81. The van der Waals surface area contributed by atoms with E-state index in [0.717, 1.165) is 0 Å². The van der Waals surface area contributed by atoms with Gasteiger partial charge in [-0.25, -0.2) is 0 Å². The Morgan fingerprint density at radius 3 is 1.40 bits per heavy atom. The Balaban J connectivity index is 0. The molecule has 28 valence electrons. The molecule has 0 heterocycles. The van der Waals surface area contributed by atoms with Crippen LogP contribution >= 0.6 is 11.6 Å². The van der Waals surface area contributed by atoms with E-state index in [1.807, 2.05) is 13.8 Å². The first-order chi connectivity index (χ1) is 1.73. The molecule has 0 fully saturated rings. The fourth-order valence-electron chi connectivity index (χ4n) is 0. The third-order valence-electron chi connectivity index (χ3n) is 0. The summed E-state index contributed by atoms with van der Waals surface area (Å²) in [4.78, 5) is 0. The maximum absolute atomic E-state index is 5.27. The molecule has 0 rings (SSSR count). The van der Waals surface area contributed by atoms with Gasteiger partial charge in [-0.3, -0.25) is 0 Å². The molecule has 0 bridgehead atoms. The van der Waals surface area contributed by atoms with Crippen LogP contribution in [0, 0.1) is 0 Å². The molecule has 0 aliphatic heterocycles. The number of halogens is 1. The van der Waals surface area contributed by atoms with Crippen LogP contribution in [0.25, 0.3) is 0 Å². The molecular formula is C3H7ClZn. The van der Waals surface area contributed by atoms with Crippen molar-refractivity contribution in [3.63, 3.8) is 0 Å². The smallest absolute Gasteiger partial charge is 0.0279 e. The van der Waals surface area contributed by atoms with E-state index in [2.05, 4.69) is 0 Å². The van der Waals surface area contributed by atoms with Crippen molar-refractivity contribution < 1.29 is 19.5 Å². The maximum atomic E-state index is 5.27. The molecule has 2 heteroatoms. The van der Waals surface area contributed by atoms with Crippen LogP contribution < -0.4 is 0 Å². The minimum absolute atomic E-state index is 0. The van der Waals surface area contributed by atoms with Gasteiger partial charge in [0, 0.05) is 24.9 Å². The van der Waals surface area contributed by atoms with Crippen molar-refractivity contribution in [3.05, 3.63) is 0 Å². The minimum Gasteiger partial charge on any atom is -0.124 e. The van der Waals surface area contributed by atoms with E-state index in [9.17, 15) is 0 Å². The van der Waals surface area contributed by atoms with E-state index in [-0.39, 0.29) is 19.5 Å². The standard InChI is InChI=1S/C3H7Cl.Zn/c1-3(2)4;/h3H,1-2H3;. The van der Waals surface area contributed by atoms with Gasteiger partial charge in [-0.2, -0.15) is 0 Å². The van der Waals surface area contributed by atoms with Gasteiger partial charge in [0.2, 0.25) is 0 Å². The Kier molecular flexibility index (Phi) is 9.16. The van der Waals surface area contributed by atoms with Crippen molar-refractivity contribution in [1.29, 1.82) is 0 Å². The summed E-state index contributed by atoms with van der Waals surface area (Å²) >= 11 is 5.27. The molecule has 0 unspecified atom stereocenters. The SMILES string of the molecule is CC(C)Cl.[Zn]. The zero-order valence-electron chi connectivity index (χ0n) is 3.66. The fraction of sp³-hybridized carbons (Fsp3) is 1.00. The van der Waals surface area contributed by atoms with Gasteiger partial charge in [0.25, 0.3) is 0 Å². The van der Waals surface area contributed by atoms with Gasteiger partial charge in [-0.15, -0.1) is 11.6 Å². The first-order valence-electron chi connectivity index (χ1n) is 1.37. The summed E-state index contributed by atoms with van der Waals surface area (Å²) in [5, 5.41) is 0.306. The van der Waals surface area contributed by atoms with Crippen molar-refractivity contribution in [2.24, 2.45) is 0 Å². The third kappa shape index (κ3) is 50.0. The molecule has 0 aromatic carbocycles. The molecule has 0 aliphatic rings. The molecule has 0 atom stereocenters. The summed E-state index contributed by atoms with van der Waals surface area (Å²) in [6, 6.07) is 0. The van der Waals surface area contributed by atoms with E-state index >= 15 is 0 Å². The predicted molar refractivity (Wildman–Crippen MR) is 21.0 cm³/mol. The van der Waals surface area contributed by atoms with Crippen LogP contribution in [0.4, 0.5) is 0 Å². The van der Waals surface area contributed by atoms with Crippen molar-refractivity contribution in [1.82, 2.24) is 0 Å². The molecule has 0 aliphatic carbocycles. The van der Waals surface area contributed by atoms with Gasteiger partial charge in [-0.1, -0.05) is 0 Å². The van der Waals surface area contributed by atoms with Crippen LogP contribution in [0.3, 0.4) is 0 Å². The van der Waals surface area contributed by atoms with Crippen LogP contribution in [0.15, 0.2) is 0 Å². The molecule has 0 nitrogen and oxygen atoms in total. The molecule has 0 N–H and O–H groups in total. The largest absolute Gasteiger partial charge is 0.124 e. The molecule has 5 heavy (non-hydrogen) atoms. The van der Waals surface area contributed by atoms with E-state index in [4.69, 9.17) is 11.6 Å². The molecule has 0 aromatic rings. The topological polar surface area (TPSA) is 0 Å². The third-order valence-corrected chi connectivity index (χ3v) is 0. The molecule has 0 amide bonds. The Morgan fingerprint density at radius 1 is 1.40 bits per heavy atom. The van der Waals surface area contributed by atoms with Crippen LogP contribution in [0.1, 0.15) is 13.8 Å². The van der Waals surface area contributed by atoms with Gasteiger partial charge in [0.05, 0.1) is 0 Å². The van der Waals surface area contributed by atoms with Crippen LogP contribution in [-0.4, -0.2) is 5.38 Å². The number of hydrogen-bond donors (Lipinski definition) is 0. The zero-order chi connectivity index (χ0) is 3.58. The average molecular weight is 144 g/mol. The summed E-state index contributed by atoms with van der Waals surface area (Å²) in [5.74, 6) is 0. The van der Waals surface area contributed by atoms with E-state index in [1.54, 1.807) is 0 Å². The summed E-state index contributed by atoms with van der Waals surface area (Å²) in [5.41, 5.74) is 0. The van der Waals surface area contributed by atoms with Crippen LogP contribution in [-0.2, 0) is 19.5 Å². The van der Waals surface area contributed by atoms with Crippen LogP contribution in [0.5, 0.6) is 0 Å². The number of alkyl halides is 1. The summed E-state index contributed by atoms with van der Waals surface area (Å²) in [7, 11) is 0. The summed E-state index contributed by atoms with van der Waals surface area (Å²) in [6.45, 7) is 3.86. The number of hydrogen-bond acceptors (Lipinski definition) is 0. The maximum Gasteiger partial charge on any atom is 0.0279 e. The van der Waals surface area contributed by atoms with Gasteiger partial charge in [0.1, 0.15) is 0 Å². The van der Waals surface area contributed by atoms with Gasteiger partial charge < -0.3 is 0 Å². The fourth-order valence-corrected chi connectivity index (χ4v) is 0. The second kappa shape index (κ2) is 4.91. The monoisotopic (exact) mass is 142 g/mol. The summed E-state index contributed by atoms with van der Waals surface area (Å²) < 4.78 is 0. The molecule has 0 aromatic heterocycles. The van der Waals surface area contributed by atoms with Crippen molar-refractivity contribution in [2.45, 2.75) is 19.2 Å². The molecule has 0 radical (unpaired) electrons. The van der Waals surface area contributed by atoms with Gasteiger partial charge >= 0.3 is 0 Å². The van der Waals surface area contributed by atoms with Crippen molar-refractivity contribution >= 4 is 11.6 Å². The van der Waals surface area contributed by atoms with E-state index in [0.29, 0.717) is 5.38 Å². The first kappa shape index (κ1) is 9.32. The van der Waals surface area contributed by atoms with Crippen LogP contribution in [0.2, 0.25) is 0 Å². The second-order valence-corrected chi connectivity index (χ2v) is 1.89. The summed E-state index contributed by atoms with van der Waals surface area (Å²) in [6.07, 6.45) is 0. The molecule has 0 saturated heterocycles. The van der Waals surface area contributed by atoms with E-state index in [1.165, 1.54) is 0 Å². The van der Waals surface area contributed by atoms with Gasteiger partial charge in [0.15, 0.2) is 0 Å². The normalized spacial score (nSPS) is 7.20. The quantitative estimate of drug-likeness (QED) is 0.358. The average Bonchev–Trinajstić information content (AvgIpc) is 0.811. The predicted octanol–water partition coefficient (Wildman–Crippen LogP) is 1.63. The van der Waals surface area contributed by atoms with Crippen molar-refractivity contribution in [2.75, 3.05) is 0 Å². The second-order valence-electron chi connectivity index (χ2n) is 1.01. The minimum atomic E-state index is 0. The molecule has 0 spiro atoms. The Labute approximate surface area is 50.7 Å². The Bertz CT molecular complexity index is 11.6. The van der Waals surface area contributed by atoms with Gasteiger partial charge in [-0.05, 0) is 13.8 Å². The van der Waals surface area contributed by atoms with E-state index < -0.39 is 0 Å². The number of rotatable bonds is 0. The zero-order valence-corrected chi connectivity index (χ0v) is 7.39. The molecular weight excluding hydrogens is 137 g/mol. The van der Waals surface area contributed by atoms with Crippen molar-refractivity contribution in [3.8, 4) is 0 Å².